The van der Waals surface area contributed by atoms with Crippen molar-refractivity contribution in [3.8, 4) is 0 Å². The molecule has 4 aromatic rings. The quantitative estimate of drug-likeness (QED) is 0.0981. The predicted octanol–water partition coefficient (Wildman–Crippen LogP) is 4.58. The highest BCUT2D eigenvalue weighted by molar-refractivity contribution is 8.02. The number of nitrogens with zero attached hydrogens (tertiary/aromatic N) is 5. The minimum absolute atomic E-state index is 0.0566. The summed E-state index contributed by atoms with van der Waals surface area (Å²) in [4.78, 5) is 22.3. The molecule has 0 aliphatic rings. The molecule has 1 aromatic carbocycles. The molecule has 0 radical (unpaired) electrons. The Morgan fingerprint density at radius 3 is 2.78 bits per heavy atom. The summed E-state index contributed by atoms with van der Waals surface area (Å²) >= 11 is 2.93. The molecule has 4 rings (SSSR count). The van der Waals surface area contributed by atoms with Gasteiger partial charge in [-0.25, -0.2) is 9.98 Å². The van der Waals surface area contributed by atoms with Gasteiger partial charge in [0.15, 0.2) is 11.7 Å². The fourth-order valence-electron chi connectivity index (χ4n) is 3.14. The van der Waals surface area contributed by atoms with Crippen LogP contribution in [0.4, 0.5) is 23.1 Å². The summed E-state index contributed by atoms with van der Waals surface area (Å²) in [7, 11) is 0. The van der Waals surface area contributed by atoms with Gasteiger partial charge >= 0.3 is 0 Å². The van der Waals surface area contributed by atoms with Crippen LogP contribution >= 0.6 is 23.1 Å². The molecule has 0 saturated carbocycles. The number of hydrogen-bond donors (Lipinski definition) is 5. The summed E-state index contributed by atoms with van der Waals surface area (Å²) in [5.74, 6) is 6.82. The number of amidine groups is 1. The Morgan fingerprint density at radius 2 is 2.06 bits per heavy atom. The molecule has 3 aromatic heterocycles. The van der Waals surface area contributed by atoms with Gasteiger partial charge in [0.1, 0.15) is 5.69 Å². The van der Waals surface area contributed by atoms with Crippen LogP contribution in [0.25, 0.3) is 16.3 Å². The van der Waals surface area contributed by atoms with Gasteiger partial charge in [0.2, 0.25) is 5.96 Å². The molecule has 0 amide bonds. The van der Waals surface area contributed by atoms with E-state index in [-0.39, 0.29) is 11.9 Å². The number of thiophene rings is 1. The van der Waals surface area contributed by atoms with E-state index in [1.165, 1.54) is 23.1 Å². The molecular formula is C24H24N10S2. The number of pyridine rings is 1. The number of anilines is 3. The zero-order valence-electron chi connectivity index (χ0n) is 19.4. The highest BCUT2D eigenvalue weighted by Gasteiger charge is 2.12. The van der Waals surface area contributed by atoms with Gasteiger partial charge in [0.25, 0.3) is 5.95 Å². The second-order valence-electron chi connectivity index (χ2n) is 7.18. The van der Waals surface area contributed by atoms with Crippen molar-refractivity contribution in [3.05, 3.63) is 83.5 Å². The van der Waals surface area contributed by atoms with Crippen LogP contribution in [0, 0.1) is 0 Å². The molecule has 0 fully saturated rings. The monoisotopic (exact) mass is 516 g/mol. The second-order valence-corrected chi connectivity index (χ2v) is 8.97. The first-order valence-corrected chi connectivity index (χ1v) is 12.7. The van der Waals surface area contributed by atoms with Crippen molar-refractivity contribution >= 4 is 74.3 Å². The molecule has 0 aliphatic carbocycles. The summed E-state index contributed by atoms with van der Waals surface area (Å²) < 4.78 is 0.883. The van der Waals surface area contributed by atoms with Crippen LogP contribution in [0.5, 0.6) is 0 Å². The smallest absolute Gasteiger partial charge is 0.255 e. The second kappa shape index (κ2) is 11.4. The maximum atomic E-state index is 6.22. The van der Waals surface area contributed by atoms with Crippen molar-refractivity contribution in [3.63, 3.8) is 0 Å². The maximum absolute atomic E-state index is 6.22. The Bertz CT molecular complexity index is 1460. The van der Waals surface area contributed by atoms with Gasteiger partial charge in [0, 0.05) is 17.4 Å². The third-order valence-corrected chi connectivity index (χ3v) is 6.30. The van der Waals surface area contributed by atoms with E-state index in [2.05, 4.69) is 54.2 Å². The zero-order chi connectivity index (χ0) is 25.5. The molecule has 0 unspecified atom stereocenters. The molecule has 0 spiro atoms. The Labute approximate surface area is 216 Å². The van der Waals surface area contributed by atoms with Gasteiger partial charge in [0.05, 0.1) is 20.9 Å². The summed E-state index contributed by atoms with van der Waals surface area (Å²) in [6.07, 6.45) is 5.27. The van der Waals surface area contributed by atoms with E-state index in [0.29, 0.717) is 22.4 Å². The van der Waals surface area contributed by atoms with E-state index in [4.69, 9.17) is 11.6 Å². The van der Waals surface area contributed by atoms with Crippen molar-refractivity contribution in [2.75, 3.05) is 17.0 Å². The Morgan fingerprint density at radius 1 is 1.19 bits per heavy atom. The minimum Gasteiger partial charge on any atom is -0.369 e. The van der Waals surface area contributed by atoms with Crippen molar-refractivity contribution < 1.29 is 0 Å². The van der Waals surface area contributed by atoms with E-state index in [1.807, 2.05) is 54.1 Å². The van der Waals surface area contributed by atoms with Gasteiger partial charge in [-0.1, -0.05) is 25.3 Å². The number of hydrazine groups is 1. The van der Waals surface area contributed by atoms with E-state index in [1.54, 1.807) is 12.3 Å². The Kier molecular flexibility index (Phi) is 7.90. The maximum Gasteiger partial charge on any atom is 0.255 e. The molecule has 0 atom stereocenters. The van der Waals surface area contributed by atoms with E-state index >= 15 is 0 Å². The molecule has 182 valence electrons. The number of nitrogens with two attached hydrogens (primary N) is 2. The highest BCUT2D eigenvalue weighted by atomic mass is 32.2. The fourth-order valence-corrected chi connectivity index (χ4v) is 4.10. The fraction of sp³-hybridized carbons (Fsp3) is 0.0417. The lowest BCUT2D eigenvalue weighted by molar-refractivity contribution is 1.14. The largest absolute Gasteiger partial charge is 0.369 e. The molecule has 0 bridgehead atoms. The number of thioether (sulfide) groups is 1. The number of nitrogens with one attached hydrogen (secondary N) is 3. The van der Waals surface area contributed by atoms with Gasteiger partial charge < -0.3 is 21.8 Å². The third kappa shape index (κ3) is 5.86. The Hall–Kier alpha value is -4.26. The third-order valence-electron chi connectivity index (χ3n) is 4.83. The number of benzene rings is 1. The average Bonchev–Trinajstić information content (AvgIpc) is 3.37. The first-order chi connectivity index (χ1) is 17.5. The molecule has 0 aliphatic heterocycles. The number of hydrogen-bond acceptors (Lipinski definition) is 10. The van der Waals surface area contributed by atoms with E-state index in [0.717, 1.165) is 27.2 Å². The number of fused-ring (bicyclic) bond motifs is 1. The first-order valence-electron chi connectivity index (χ1n) is 10.6. The van der Waals surface area contributed by atoms with Crippen LogP contribution in [0.2, 0.25) is 0 Å². The summed E-state index contributed by atoms with van der Waals surface area (Å²) in [6.45, 7) is 7.75. The van der Waals surface area contributed by atoms with Crippen molar-refractivity contribution in [2.45, 2.75) is 0 Å². The summed E-state index contributed by atoms with van der Waals surface area (Å²) in [5.41, 5.74) is 12.6. The zero-order valence-corrected chi connectivity index (χ0v) is 21.0. The molecule has 3 heterocycles. The van der Waals surface area contributed by atoms with E-state index < -0.39 is 0 Å². The normalized spacial score (nSPS) is 11.8. The number of aromatic nitrogens is 3. The standard InChI is InChI=1S/C24H24N10S2/c1-4-15-13-16(8-9-17(15)34-26)29-22-20-18(10-12-36-20)30-24(32-22)33-23(25)31-21(28-14(2)35-3)19-7-5-6-11-27-19/h4-13,34H,1-2,26H2,3H3,(H4,25,28,29,30,31,32,33). The average molecular weight is 517 g/mol. The van der Waals surface area contributed by atoms with E-state index in [9.17, 15) is 0 Å². The number of guanidine groups is 1. The highest BCUT2D eigenvalue weighted by Crippen LogP contribution is 2.31. The van der Waals surface area contributed by atoms with Crippen LogP contribution in [0.15, 0.2) is 82.2 Å². The van der Waals surface area contributed by atoms with Crippen molar-refractivity contribution in [1.82, 2.24) is 20.3 Å². The number of aliphatic imine (C=N–C) groups is 2. The lowest BCUT2D eigenvalue weighted by Crippen LogP contribution is -2.37. The van der Waals surface area contributed by atoms with Gasteiger partial charge in [-0.2, -0.15) is 9.98 Å². The molecule has 7 N–H and O–H groups in total. The summed E-state index contributed by atoms with van der Waals surface area (Å²) in [6, 6.07) is 13.0. The van der Waals surface area contributed by atoms with Crippen molar-refractivity contribution in [2.24, 2.45) is 21.6 Å². The lowest BCUT2D eigenvalue weighted by Gasteiger charge is -2.11. The number of rotatable bonds is 8. The van der Waals surface area contributed by atoms with Crippen LogP contribution < -0.4 is 27.6 Å². The van der Waals surface area contributed by atoms with Gasteiger partial charge in [-0.05, 0) is 48.0 Å². The Balaban J connectivity index is 1.66. The SMILES string of the molecule is C=Cc1cc(Nc2nc(N=C(N)NC(=NC(=C)SC)c3ccccn3)nc3ccsc23)ccc1NN. The van der Waals surface area contributed by atoms with Crippen LogP contribution in [0.1, 0.15) is 11.3 Å². The number of nitrogen functional groups attached to an aromatic ring is 1. The van der Waals surface area contributed by atoms with Crippen LogP contribution in [-0.2, 0) is 0 Å². The molecule has 12 heteroatoms. The van der Waals surface area contributed by atoms with Crippen molar-refractivity contribution in [1.29, 1.82) is 0 Å². The predicted molar refractivity (Wildman–Crippen MR) is 153 cm³/mol. The van der Waals surface area contributed by atoms with Gasteiger partial charge in [-0.15, -0.1) is 23.1 Å². The van der Waals surface area contributed by atoms with Gasteiger partial charge in [-0.3, -0.25) is 10.8 Å². The molecule has 10 nitrogen and oxygen atoms in total. The first kappa shape index (κ1) is 24.9. The summed E-state index contributed by atoms with van der Waals surface area (Å²) in [5, 5.41) is 8.87. The topological polar surface area (TPSA) is 152 Å². The minimum atomic E-state index is 0.0566. The molecule has 0 saturated heterocycles. The van der Waals surface area contributed by atoms with Crippen LogP contribution in [-0.4, -0.2) is 33.0 Å². The molecule has 36 heavy (non-hydrogen) atoms. The lowest BCUT2D eigenvalue weighted by atomic mass is 10.1. The molecular weight excluding hydrogens is 492 g/mol. The van der Waals surface area contributed by atoms with Crippen LogP contribution in [0.3, 0.4) is 0 Å².